The maximum absolute atomic E-state index is 10.5. The van der Waals surface area contributed by atoms with E-state index in [1.807, 2.05) is 6.07 Å². The Morgan fingerprint density at radius 1 is 1.65 bits per heavy atom. The highest BCUT2D eigenvalue weighted by molar-refractivity contribution is 5.46. The van der Waals surface area contributed by atoms with Gasteiger partial charge in [0, 0.05) is 25.7 Å². The van der Waals surface area contributed by atoms with Gasteiger partial charge in [0.05, 0.1) is 29.3 Å². The van der Waals surface area contributed by atoms with E-state index in [0.717, 1.165) is 0 Å². The van der Waals surface area contributed by atoms with Crippen LogP contribution in [0.2, 0.25) is 0 Å². The van der Waals surface area contributed by atoms with Crippen molar-refractivity contribution in [2.75, 3.05) is 13.7 Å². The first-order valence-corrected chi connectivity index (χ1v) is 4.93. The van der Waals surface area contributed by atoms with Crippen molar-refractivity contribution in [2.45, 2.75) is 12.5 Å². The molecule has 0 saturated carbocycles. The van der Waals surface area contributed by atoms with Crippen molar-refractivity contribution in [3.05, 3.63) is 39.4 Å². The number of non-ortho nitro benzene ring substituents is 1. The zero-order valence-corrected chi connectivity index (χ0v) is 9.29. The summed E-state index contributed by atoms with van der Waals surface area (Å²) in [5, 5.41) is 28.9. The summed E-state index contributed by atoms with van der Waals surface area (Å²) in [5.74, 6) is 0. The lowest BCUT2D eigenvalue weighted by Gasteiger charge is -2.10. The predicted octanol–water partition coefficient (Wildman–Crippen LogP) is 1.02. The summed E-state index contributed by atoms with van der Waals surface area (Å²) in [5.41, 5.74) is 0.642. The lowest BCUT2D eigenvalue weighted by molar-refractivity contribution is -0.384. The van der Waals surface area contributed by atoms with Crippen molar-refractivity contribution >= 4 is 5.69 Å². The maximum Gasteiger partial charge on any atom is 0.270 e. The molecule has 0 aromatic heterocycles. The van der Waals surface area contributed by atoms with Gasteiger partial charge in [0.2, 0.25) is 0 Å². The van der Waals surface area contributed by atoms with Crippen molar-refractivity contribution in [2.24, 2.45) is 0 Å². The number of nitrogens with zero attached hydrogens (tertiary/aromatic N) is 2. The summed E-state index contributed by atoms with van der Waals surface area (Å²) < 4.78 is 4.77. The second-order valence-corrected chi connectivity index (χ2v) is 3.52. The van der Waals surface area contributed by atoms with Crippen LogP contribution >= 0.6 is 0 Å². The minimum atomic E-state index is -0.728. The number of aliphatic hydroxyl groups is 1. The summed E-state index contributed by atoms with van der Waals surface area (Å²) in [6, 6.07) is 5.88. The largest absolute Gasteiger partial charge is 0.390 e. The molecule has 17 heavy (non-hydrogen) atoms. The zero-order chi connectivity index (χ0) is 12.8. The number of nitriles is 1. The van der Waals surface area contributed by atoms with Gasteiger partial charge in [-0.3, -0.25) is 10.1 Å². The molecule has 0 fully saturated rings. The summed E-state index contributed by atoms with van der Waals surface area (Å²) in [6.07, 6.45) is -0.497. The van der Waals surface area contributed by atoms with Crippen molar-refractivity contribution in [1.82, 2.24) is 0 Å². The quantitative estimate of drug-likeness (QED) is 0.608. The summed E-state index contributed by atoms with van der Waals surface area (Å²) in [4.78, 5) is 9.97. The number of methoxy groups -OCH3 is 1. The third-order valence-electron chi connectivity index (χ3n) is 2.24. The van der Waals surface area contributed by atoms with Gasteiger partial charge < -0.3 is 9.84 Å². The topological polar surface area (TPSA) is 96.4 Å². The third kappa shape index (κ3) is 3.52. The highest BCUT2D eigenvalue weighted by Crippen LogP contribution is 2.18. The molecule has 0 saturated heterocycles. The van der Waals surface area contributed by atoms with Crippen LogP contribution in [0.3, 0.4) is 0 Å². The van der Waals surface area contributed by atoms with Crippen molar-refractivity contribution in [1.29, 1.82) is 5.26 Å². The second-order valence-electron chi connectivity index (χ2n) is 3.52. The Kier molecular flexibility index (Phi) is 4.57. The van der Waals surface area contributed by atoms with Crippen molar-refractivity contribution < 1.29 is 14.8 Å². The minimum Gasteiger partial charge on any atom is -0.390 e. The monoisotopic (exact) mass is 236 g/mol. The molecule has 0 heterocycles. The number of hydrogen-bond donors (Lipinski definition) is 1. The van der Waals surface area contributed by atoms with Crippen LogP contribution in [0, 0.1) is 21.4 Å². The number of benzene rings is 1. The van der Waals surface area contributed by atoms with Gasteiger partial charge in [-0.2, -0.15) is 5.26 Å². The SMILES string of the molecule is COCC(O)Cc1ccc([N+](=O)[O-])cc1C#N. The van der Waals surface area contributed by atoms with Crippen molar-refractivity contribution in [3.8, 4) is 6.07 Å². The fourth-order valence-corrected chi connectivity index (χ4v) is 1.47. The van der Waals surface area contributed by atoms with E-state index in [1.54, 1.807) is 0 Å². The van der Waals surface area contributed by atoms with E-state index in [1.165, 1.54) is 25.3 Å². The summed E-state index contributed by atoms with van der Waals surface area (Å²) in [6.45, 7) is 0.155. The van der Waals surface area contributed by atoms with Crippen LogP contribution in [0.25, 0.3) is 0 Å². The smallest absolute Gasteiger partial charge is 0.270 e. The molecule has 1 aromatic rings. The summed E-state index contributed by atoms with van der Waals surface area (Å²) >= 11 is 0. The first-order chi connectivity index (χ1) is 8.08. The molecule has 6 nitrogen and oxygen atoms in total. The van der Waals surface area contributed by atoms with E-state index in [2.05, 4.69) is 0 Å². The molecular weight excluding hydrogens is 224 g/mol. The molecule has 90 valence electrons. The van der Waals surface area contributed by atoms with Gasteiger partial charge >= 0.3 is 0 Å². The van der Waals surface area contributed by atoms with Gasteiger partial charge in [-0.15, -0.1) is 0 Å². The highest BCUT2D eigenvalue weighted by atomic mass is 16.6. The first-order valence-electron chi connectivity index (χ1n) is 4.93. The normalized spacial score (nSPS) is 11.8. The van der Waals surface area contributed by atoms with E-state index in [0.29, 0.717) is 5.56 Å². The fraction of sp³-hybridized carbons (Fsp3) is 0.364. The van der Waals surface area contributed by atoms with E-state index < -0.39 is 11.0 Å². The third-order valence-corrected chi connectivity index (χ3v) is 2.24. The Morgan fingerprint density at radius 3 is 2.88 bits per heavy atom. The number of ether oxygens (including phenoxy) is 1. The van der Waals surface area contributed by atoms with E-state index in [-0.39, 0.29) is 24.3 Å². The molecule has 1 aromatic carbocycles. The molecule has 0 aliphatic heterocycles. The molecule has 0 amide bonds. The highest BCUT2D eigenvalue weighted by Gasteiger charge is 2.13. The van der Waals surface area contributed by atoms with Gasteiger partial charge in [0.15, 0.2) is 0 Å². The Bertz CT molecular complexity index is 453. The van der Waals surface area contributed by atoms with Crippen LogP contribution in [-0.2, 0) is 11.2 Å². The Hall–Kier alpha value is -1.97. The maximum atomic E-state index is 10.5. The van der Waals surface area contributed by atoms with Crippen LogP contribution in [0.1, 0.15) is 11.1 Å². The lowest BCUT2D eigenvalue weighted by atomic mass is 10.0. The van der Waals surface area contributed by atoms with Crippen LogP contribution in [0.15, 0.2) is 18.2 Å². The number of nitro groups is 1. The Morgan fingerprint density at radius 2 is 2.35 bits per heavy atom. The molecule has 1 rings (SSSR count). The average molecular weight is 236 g/mol. The van der Waals surface area contributed by atoms with E-state index >= 15 is 0 Å². The molecule has 0 bridgehead atoms. The minimum absolute atomic E-state index is 0.133. The average Bonchev–Trinajstić information content (AvgIpc) is 2.29. The standard InChI is InChI=1S/C11H12N2O4/c1-17-7-11(14)5-8-2-3-10(13(15)16)4-9(8)6-12/h2-4,11,14H,5,7H2,1H3. The fourth-order valence-electron chi connectivity index (χ4n) is 1.47. The van der Waals surface area contributed by atoms with Gasteiger partial charge in [0.25, 0.3) is 5.69 Å². The molecule has 6 heteroatoms. The van der Waals surface area contributed by atoms with Crippen LogP contribution < -0.4 is 0 Å². The molecule has 0 aliphatic carbocycles. The molecule has 1 atom stereocenters. The van der Waals surface area contributed by atoms with Crippen LogP contribution in [0.4, 0.5) is 5.69 Å². The Balaban J connectivity index is 2.94. The number of hydrogen-bond acceptors (Lipinski definition) is 5. The van der Waals surface area contributed by atoms with Crippen molar-refractivity contribution in [3.63, 3.8) is 0 Å². The van der Waals surface area contributed by atoms with Gasteiger partial charge in [-0.05, 0) is 5.56 Å². The van der Waals surface area contributed by atoms with Gasteiger partial charge in [-0.25, -0.2) is 0 Å². The van der Waals surface area contributed by atoms with Crippen LogP contribution in [-0.4, -0.2) is 29.9 Å². The van der Waals surface area contributed by atoms with Gasteiger partial charge in [0.1, 0.15) is 0 Å². The molecule has 1 N–H and O–H groups in total. The van der Waals surface area contributed by atoms with Gasteiger partial charge in [-0.1, -0.05) is 6.07 Å². The van der Waals surface area contributed by atoms with Crippen LogP contribution in [0.5, 0.6) is 0 Å². The number of nitro benzene ring substituents is 1. The van der Waals surface area contributed by atoms with E-state index in [4.69, 9.17) is 10.00 Å². The lowest BCUT2D eigenvalue weighted by Crippen LogP contribution is -2.17. The predicted molar refractivity (Wildman–Crippen MR) is 59.4 cm³/mol. The molecular formula is C11H12N2O4. The number of rotatable bonds is 5. The second kappa shape index (κ2) is 5.94. The molecule has 0 aliphatic rings. The van der Waals surface area contributed by atoms with E-state index in [9.17, 15) is 15.2 Å². The first kappa shape index (κ1) is 13.1. The zero-order valence-electron chi connectivity index (χ0n) is 9.29. The molecule has 0 radical (unpaired) electrons. The Labute approximate surface area is 98.2 Å². The number of aliphatic hydroxyl groups excluding tert-OH is 1. The summed E-state index contributed by atoms with van der Waals surface area (Å²) in [7, 11) is 1.46. The molecule has 1 unspecified atom stereocenters. The molecule has 0 spiro atoms.